The molecule has 1 N–H and O–H groups in total. The molecule has 8 nitrogen and oxygen atoms in total. The molecule has 3 saturated heterocycles. The Bertz CT molecular complexity index is 706. The Kier molecular flexibility index (Phi) is 6.50. The highest BCUT2D eigenvalue weighted by molar-refractivity contribution is 5.91. The molecular formula is C21H34N6O2. The number of likely N-dealkylation sites (tertiary alicyclic amines) is 3. The van der Waals surface area contributed by atoms with Gasteiger partial charge in [-0.25, -0.2) is 0 Å². The van der Waals surface area contributed by atoms with Gasteiger partial charge in [0.2, 0.25) is 11.8 Å². The van der Waals surface area contributed by atoms with Crippen LogP contribution in [0.4, 0.5) is 5.82 Å². The summed E-state index contributed by atoms with van der Waals surface area (Å²) in [5, 5.41) is 7.06. The molecule has 0 saturated carbocycles. The van der Waals surface area contributed by atoms with Gasteiger partial charge in [-0.15, -0.1) is 0 Å². The largest absolute Gasteiger partial charge is 0.342 e. The minimum absolute atomic E-state index is 0.00334. The van der Waals surface area contributed by atoms with Crippen LogP contribution in [0.25, 0.3) is 0 Å². The van der Waals surface area contributed by atoms with Crippen LogP contribution in [-0.4, -0.2) is 88.1 Å². The fourth-order valence-corrected chi connectivity index (χ4v) is 5.05. The van der Waals surface area contributed by atoms with Crippen LogP contribution < -0.4 is 5.32 Å². The van der Waals surface area contributed by atoms with Gasteiger partial charge in [-0.05, 0) is 45.1 Å². The van der Waals surface area contributed by atoms with Crippen molar-refractivity contribution in [3.8, 4) is 0 Å². The molecule has 0 unspecified atom stereocenters. The molecule has 29 heavy (non-hydrogen) atoms. The highest BCUT2D eigenvalue weighted by Crippen LogP contribution is 2.26. The van der Waals surface area contributed by atoms with Gasteiger partial charge in [-0.1, -0.05) is 0 Å². The summed E-state index contributed by atoms with van der Waals surface area (Å²) in [5.41, 5.74) is 0. The third-order valence-electron chi connectivity index (χ3n) is 6.64. The lowest BCUT2D eigenvalue weighted by Crippen LogP contribution is -2.51. The van der Waals surface area contributed by atoms with Gasteiger partial charge in [-0.2, -0.15) is 5.10 Å². The molecule has 0 bridgehead atoms. The number of amides is 2. The summed E-state index contributed by atoms with van der Waals surface area (Å²) < 4.78 is 1.68. The lowest BCUT2D eigenvalue weighted by Gasteiger charge is -2.42. The summed E-state index contributed by atoms with van der Waals surface area (Å²) in [6, 6.07) is 2.35. The number of carbonyl (C=O) groups is 2. The molecule has 0 aromatic carbocycles. The van der Waals surface area contributed by atoms with Crippen molar-refractivity contribution in [1.29, 1.82) is 0 Å². The summed E-state index contributed by atoms with van der Waals surface area (Å²) >= 11 is 0. The second kappa shape index (κ2) is 9.26. The second-order valence-corrected chi connectivity index (χ2v) is 8.80. The SMILES string of the molecule is Cn1ccc(NC(=O)CN2CCC(N3CCC[C@H](C(=O)N4CCCC4)C3)CC2)n1. The fourth-order valence-electron chi connectivity index (χ4n) is 5.05. The number of carbonyl (C=O) groups excluding carboxylic acids is 2. The zero-order chi connectivity index (χ0) is 20.2. The molecular weight excluding hydrogens is 368 g/mol. The summed E-state index contributed by atoms with van der Waals surface area (Å²) in [5.74, 6) is 1.17. The van der Waals surface area contributed by atoms with Crippen LogP contribution in [0, 0.1) is 5.92 Å². The summed E-state index contributed by atoms with van der Waals surface area (Å²) in [6.45, 7) is 6.21. The third-order valence-corrected chi connectivity index (χ3v) is 6.64. The van der Waals surface area contributed by atoms with E-state index in [2.05, 4.69) is 25.1 Å². The Hall–Kier alpha value is -1.93. The number of aromatic nitrogens is 2. The van der Waals surface area contributed by atoms with E-state index in [9.17, 15) is 9.59 Å². The maximum absolute atomic E-state index is 12.8. The zero-order valence-corrected chi connectivity index (χ0v) is 17.6. The molecule has 1 aromatic rings. The van der Waals surface area contributed by atoms with Gasteiger partial charge in [0.15, 0.2) is 5.82 Å². The molecule has 1 aromatic heterocycles. The van der Waals surface area contributed by atoms with Gasteiger partial charge < -0.3 is 10.2 Å². The quantitative estimate of drug-likeness (QED) is 0.800. The Balaban J connectivity index is 1.21. The Morgan fingerprint density at radius 3 is 2.52 bits per heavy atom. The van der Waals surface area contributed by atoms with Crippen LogP contribution >= 0.6 is 0 Å². The summed E-state index contributed by atoms with van der Waals surface area (Å²) in [7, 11) is 1.84. The number of nitrogens with zero attached hydrogens (tertiary/aromatic N) is 5. The Morgan fingerprint density at radius 1 is 1.07 bits per heavy atom. The maximum Gasteiger partial charge on any atom is 0.239 e. The Morgan fingerprint density at radius 2 is 1.83 bits per heavy atom. The fraction of sp³-hybridized carbons (Fsp3) is 0.762. The van der Waals surface area contributed by atoms with Crippen molar-refractivity contribution < 1.29 is 9.59 Å². The predicted molar refractivity (Wildman–Crippen MR) is 111 cm³/mol. The zero-order valence-electron chi connectivity index (χ0n) is 17.6. The summed E-state index contributed by atoms with van der Waals surface area (Å²) in [6.07, 6.45) is 8.45. The van der Waals surface area contributed by atoms with E-state index in [1.54, 1.807) is 10.7 Å². The normalized spacial score (nSPS) is 24.7. The minimum atomic E-state index is -0.00334. The van der Waals surface area contributed by atoms with E-state index in [1.807, 2.05) is 13.2 Å². The molecule has 8 heteroatoms. The van der Waals surface area contributed by atoms with Crippen molar-refractivity contribution in [3.63, 3.8) is 0 Å². The van der Waals surface area contributed by atoms with Crippen molar-refractivity contribution in [2.75, 3.05) is 51.1 Å². The third kappa shape index (κ3) is 5.17. The van der Waals surface area contributed by atoms with Crippen molar-refractivity contribution in [1.82, 2.24) is 24.5 Å². The van der Waals surface area contributed by atoms with Crippen LogP contribution in [0.3, 0.4) is 0 Å². The lowest BCUT2D eigenvalue weighted by molar-refractivity contribution is -0.136. The molecule has 3 aliphatic rings. The highest BCUT2D eigenvalue weighted by Gasteiger charge is 2.34. The summed E-state index contributed by atoms with van der Waals surface area (Å²) in [4.78, 5) is 31.9. The molecule has 3 fully saturated rings. The maximum atomic E-state index is 12.8. The van der Waals surface area contributed by atoms with Crippen molar-refractivity contribution in [2.45, 2.75) is 44.6 Å². The monoisotopic (exact) mass is 402 g/mol. The van der Waals surface area contributed by atoms with Crippen molar-refractivity contribution >= 4 is 17.6 Å². The average Bonchev–Trinajstić information content (AvgIpc) is 3.40. The van der Waals surface area contributed by atoms with Crippen molar-refractivity contribution in [3.05, 3.63) is 12.3 Å². The van der Waals surface area contributed by atoms with E-state index >= 15 is 0 Å². The first-order valence-corrected chi connectivity index (χ1v) is 11.1. The second-order valence-electron chi connectivity index (χ2n) is 8.80. The van der Waals surface area contributed by atoms with E-state index in [-0.39, 0.29) is 11.8 Å². The topological polar surface area (TPSA) is 73.7 Å². The first kappa shape index (κ1) is 20.3. The highest BCUT2D eigenvalue weighted by atomic mass is 16.2. The van der Waals surface area contributed by atoms with Gasteiger partial charge >= 0.3 is 0 Å². The number of anilines is 1. The number of rotatable bonds is 5. The van der Waals surface area contributed by atoms with Crippen LogP contribution in [0.2, 0.25) is 0 Å². The molecule has 0 aliphatic carbocycles. The van der Waals surface area contributed by atoms with Gasteiger partial charge in [0.05, 0.1) is 12.5 Å². The van der Waals surface area contributed by atoms with Gasteiger partial charge in [0.1, 0.15) is 0 Å². The average molecular weight is 403 g/mol. The molecule has 2 amide bonds. The minimum Gasteiger partial charge on any atom is -0.342 e. The molecule has 160 valence electrons. The van der Waals surface area contributed by atoms with Crippen LogP contribution in [0.1, 0.15) is 38.5 Å². The first-order valence-electron chi connectivity index (χ1n) is 11.1. The molecule has 0 radical (unpaired) electrons. The van der Waals surface area contributed by atoms with Gasteiger partial charge in [-0.3, -0.25) is 24.1 Å². The number of hydrogen-bond acceptors (Lipinski definition) is 5. The van der Waals surface area contributed by atoms with E-state index in [1.165, 1.54) is 0 Å². The van der Waals surface area contributed by atoms with E-state index in [4.69, 9.17) is 0 Å². The smallest absolute Gasteiger partial charge is 0.239 e. The first-order chi connectivity index (χ1) is 14.1. The van der Waals surface area contributed by atoms with Crippen LogP contribution in [0.5, 0.6) is 0 Å². The molecule has 4 heterocycles. The van der Waals surface area contributed by atoms with Gasteiger partial charge in [0, 0.05) is 58.1 Å². The van der Waals surface area contributed by atoms with E-state index in [0.717, 1.165) is 77.8 Å². The van der Waals surface area contributed by atoms with Crippen LogP contribution in [0.15, 0.2) is 12.3 Å². The van der Waals surface area contributed by atoms with Gasteiger partial charge in [0.25, 0.3) is 0 Å². The van der Waals surface area contributed by atoms with Crippen molar-refractivity contribution in [2.24, 2.45) is 13.0 Å². The number of piperidine rings is 2. The standard InChI is InChI=1S/C21H34N6O2/c1-24-12-8-19(23-24)22-20(28)16-25-13-6-18(7-14-25)27-11-4-5-17(15-27)21(29)26-9-2-3-10-26/h8,12,17-18H,2-7,9-11,13-16H2,1H3,(H,22,23,28)/t17-/m0/s1. The van der Waals surface area contributed by atoms with E-state index in [0.29, 0.717) is 24.3 Å². The Labute approximate surface area is 173 Å². The predicted octanol–water partition coefficient (Wildman–Crippen LogP) is 1.16. The molecule has 3 aliphatic heterocycles. The van der Waals surface area contributed by atoms with E-state index < -0.39 is 0 Å². The number of nitrogens with one attached hydrogen (secondary N) is 1. The molecule has 4 rings (SSSR count). The number of hydrogen-bond donors (Lipinski definition) is 1. The van der Waals surface area contributed by atoms with Crippen LogP contribution in [-0.2, 0) is 16.6 Å². The number of aryl methyl sites for hydroxylation is 1. The molecule has 1 atom stereocenters. The lowest BCUT2D eigenvalue weighted by atomic mass is 9.93. The molecule has 0 spiro atoms.